The monoisotopic (exact) mass is 262 g/mol. The quantitative estimate of drug-likeness (QED) is 0.549. The van der Waals surface area contributed by atoms with Gasteiger partial charge in [0.1, 0.15) is 18.3 Å². The molecular formula is C10H15FN2O5. The molecule has 102 valence electrons. The van der Waals surface area contributed by atoms with Gasteiger partial charge in [-0.15, -0.1) is 5.10 Å². The highest BCUT2D eigenvalue weighted by Crippen LogP contribution is 2.25. The summed E-state index contributed by atoms with van der Waals surface area (Å²) in [5.41, 5.74) is 0.734. The summed E-state index contributed by atoms with van der Waals surface area (Å²) in [6.45, 7) is 1.13. The van der Waals surface area contributed by atoms with Gasteiger partial charge in [-0.2, -0.15) is 0 Å². The molecule has 0 bridgehead atoms. The van der Waals surface area contributed by atoms with Crippen LogP contribution in [0.1, 0.15) is 5.69 Å². The third kappa shape index (κ3) is 2.46. The van der Waals surface area contributed by atoms with Crippen molar-refractivity contribution < 1.29 is 29.2 Å². The van der Waals surface area contributed by atoms with Crippen molar-refractivity contribution in [3.63, 3.8) is 0 Å². The Bertz CT molecular complexity index is 399. The normalized spacial score (nSPS) is 36.6. The van der Waals surface area contributed by atoms with E-state index in [4.69, 9.17) is 14.6 Å². The summed E-state index contributed by atoms with van der Waals surface area (Å²) in [6.07, 6.45) is -7.63. The smallest absolute Gasteiger partial charge is 0.235 e. The van der Waals surface area contributed by atoms with Gasteiger partial charge in [-0.3, -0.25) is 5.10 Å². The summed E-state index contributed by atoms with van der Waals surface area (Å²) in [6, 6.07) is 1.55. The molecule has 0 spiro atoms. The summed E-state index contributed by atoms with van der Waals surface area (Å²) >= 11 is 0. The van der Waals surface area contributed by atoms with Gasteiger partial charge in [-0.1, -0.05) is 0 Å². The van der Waals surface area contributed by atoms with Gasteiger partial charge in [0.25, 0.3) is 0 Å². The summed E-state index contributed by atoms with van der Waals surface area (Å²) in [5, 5.41) is 34.4. The Morgan fingerprint density at radius 3 is 2.78 bits per heavy atom. The van der Waals surface area contributed by atoms with Gasteiger partial charge in [0.15, 0.2) is 6.17 Å². The molecule has 2 rings (SSSR count). The SMILES string of the molecule is Cc1cc(OC2OC(CO)C(F)C(O)C2O)n[nH]1. The summed E-state index contributed by atoms with van der Waals surface area (Å²) in [4.78, 5) is 0. The largest absolute Gasteiger partial charge is 0.444 e. The number of aromatic amines is 1. The maximum Gasteiger partial charge on any atom is 0.235 e. The van der Waals surface area contributed by atoms with Crippen LogP contribution >= 0.6 is 0 Å². The summed E-state index contributed by atoms with van der Waals surface area (Å²) in [7, 11) is 0. The number of aryl methyl sites for hydroxylation is 1. The number of H-pyrrole nitrogens is 1. The molecule has 5 unspecified atom stereocenters. The molecule has 7 nitrogen and oxygen atoms in total. The Labute approximate surface area is 102 Å². The molecule has 0 radical (unpaired) electrons. The third-order valence-electron chi connectivity index (χ3n) is 2.72. The minimum atomic E-state index is -1.87. The molecule has 4 N–H and O–H groups in total. The van der Waals surface area contributed by atoms with E-state index in [1.165, 1.54) is 0 Å². The Morgan fingerprint density at radius 1 is 1.50 bits per heavy atom. The second-order valence-corrected chi connectivity index (χ2v) is 4.16. The molecule has 1 aliphatic rings. The Hall–Kier alpha value is -1.22. The fourth-order valence-electron chi connectivity index (χ4n) is 1.71. The molecule has 0 aromatic carbocycles. The molecular weight excluding hydrogens is 247 g/mol. The van der Waals surface area contributed by atoms with Crippen molar-refractivity contribution in [2.24, 2.45) is 0 Å². The Balaban J connectivity index is 2.07. The lowest BCUT2D eigenvalue weighted by molar-refractivity contribution is -0.265. The topological polar surface area (TPSA) is 108 Å². The number of aromatic nitrogens is 2. The number of halogens is 1. The number of rotatable bonds is 3. The highest BCUT2D eigenvalue weighted by molar-refractivity contribution is 5.12. The molecule has 1 aromatic heterocycles. The number of hydrogen-bond acceptors (Lipinski definition) is 6. The van der Waals surface area contributed by atoms with Gasteiger partial charge in [-0.25, -0.2) is 4.39 Å². The lowest BCUT2D eigenvalue weighted by Crippen LogP contribution is -2.58. The van der Waals surface area contributed by atoms with Crippen LogP contribution in [-0.4, -0.2) is 62.9 Å². The van der Waals surface area contributed by atoms with Gasteiger partial charge in [-0.05, 0) is 6.92 Å². The minimum absolute atomic E-state index is 0.151. The average molecular weight is 262 g/mol. The first kappa shape index (κ1) is 13.2. The van der Waals surface area contributed by atoms with Crippen LogP contribution in [0.2, 0.25) is 0 Å². The average Bonchev–Trinajstić information content (AvgIpc) is 2.75. The van der Waals surface area contributed by atoms with Crippen LogP contribution in [0.25, 0.3) is 0 Å². The van der Waals surface area contributed by atoms with E-state index in [1.54, 1.807) is 13.0 Å². The standard InChI is InChI=1S/C10H15FN2O5/c1-4-2-6(13-12-4)18-10-9(16)8(15)7(11)5(3-14)17-10/h2,5,7-10,14-16H,3H2,1H3,(H,12,13). The van der Waals surface area contributed by atoms with E-state index < -0.39 is 37.4 Å². The van der Waals surface area contributed by atoms with Crippen LogP contribution in [0.5, 0.6) is 5.88 Å². The molecule has 18 heavy (non-hydrogen) atoms. The predicted molar refractivity (Wildman–Crippen MR) is 56.6 cm³/mol. The zero-order chi connectivity index (χ0) is 13.3. The van der Waals surface area contributed by atoms with Gasteiger partial charge in [0.05, 0.1) is 6.61 Å². The van der Waals surface area contributed by atoms with Crippen molar-refractivity contribution in [3.8, 4) is 5.88 Å². The molecule has 8 heteroatoms. The van der Waals surface area contributed by atoms with Crippen molar-refractivity contribution in [2.45, 2.75) is 37.7 Å². The number of aliphatic hydroxyl groups excluding tert-OH is 3. The van der Waals surface area contributed by atoms with Crippen molar-refractivity contribution in [2.75, 3.05) is 6.61 Å². The number of nitrogens with zero attached hydrogens (tertiary/aromatic N) is 1. The Morgan fingerprint density at radius 2 is 2.22 bits per heavy atom. The fourth-order valence-corrected chi connectivity index (χ4v) is 1.71. The van der Waals surface area contributed by atoms with E-state index in [9.17, 15) is 14.6 Å². The van der Waals surface area contributed by atoms with Crippen molar-refractivity contribution in [1.29, 1.82) is 0 Å². The van der Waals surface area contributed by atoms with Crippen LogP contribution in [-0.2, 0) is 4.74 Å². The van der Waals surface area contributed by atoms with E-state index >= 15 is 0 Å². The second-order valence-electron chi connectivity index (χ2n) is 4.16. The molecule has 0 aliphatic carbocycles. The fraction of sp³-hybridized carbons (Fsp3) is 0.700. The van der Waals surface area contributed by atoms with Crippen LogP contribution in [0.3, 0.4) is 0 Å². The number of alkyl halides is 1. The van der Waals surface area contributed by atoms with E-state index in [0.29, 0.717) is 0 Å². The summed E-state index contributed by atoms with van der Waals surface area (Å²) < 4.78 is 23.7. The maximum atomic E-state index is 13.4. The second kappa shape index (κ2) is 5.19. The third-order valence-corrected chi connectivity index (χ3v) is 2.72. The number of nitrogens with one attached hydrogen (secondary N) is 1. The first-order valence-electron chi connectivity index (χ1n) is 5.48. The lowest BCUT2D eigenvalue weighted by Gasteiger charge is -2.37. The summed E-state index contributed by atoms with van der Waals surface area (Å²) in [5.74, 6) is 0.151. The van der Waals surface area contributed by atoms with Crippen molar-refractivity contribution in [3.05, 3.63) is 11.8 Å². The van der Waals surface area contributed by atoms with Gasteiger partial charge >= 0.3 is 0 Å². The molecule has 0 amide bonds. The maximum absolute atomic E-state index is 13.4. The van der Waals surface area contributed by atoms with Crippen LogP contribution in [0.15, 0.2) is 6.07 Å². The van der Waals surface area contributed by atoms with Crippen molar-refractivity contribution in [1.82, 2.24) is 10.2 Å². The minimum Gasteiger partial charge on any atom is -0.444 e. The van der Waals surface area contributed by atoms with Gasteiger partial charge in [0, 0.05) is 11.8 Å². The molecule has 1 saturated heterocycles. The molecule has 1 aliphatic heterocycles. The van der Waals surface area contributed by atoms with Crippen LogP contribution < -0.4 is 4.74 Å². The number of hydrogen-bond donors (Lipinski definition) is 4. The molecule has 0 saturated carbocycles. The van der Waals surface area contributed by atoms with E-state index in [2.05, 4.69) is 10.2 Å². The van der Waals surface area contributed by atoms with Crippen LogP contribution in [0, 0.1) is 6.92 Å². The highest BCUT2D eigenvalue weighted by atomic mass is 19.1. The first-order chi connectivity index (χ1) is 8.52. The zero-order valence-electron chi connectivity index (χ0n) is 9.65. The first-order valence-corrected chi connectivity index (χ1v) is 5.48. The lowest BCUT2D eigenvalue weighted by atomic mass is 10.0. The van der Waals surface area contributed by atoms with Gasteiger partial charge < -0.3 is 24.8 Å². The van der Waals surface area contributed by atoms with E-state index in [1.807, 2.05) is 0 Å². The van der Waals surface area contributed by atoms with Crippen molar-refractivity contribution >= 4 is 0 Å². The molecule has 5 atom stereocenters. The predicted octanol–water partition coefficient (Wildman–Crippen LogP) is -1.13. The zero-order valence-corrected chi connectivity index (χ0v) is 9.65. The highest BCUT2D eigenvalue weighted by Gasteiger charge is 2.46. The molecule has 1 fully saturated rings. The van der Waals surface area contributed by atoms with E-state index in [0.717, 1.165) is 5.69 Å². The van der Waals surface area contributed by atoms with Crippen LogP contribution in [0.4, 0.5) is 4.39 Å². The van der Waals surface area contributed by atoms with Gasteiger partial charge in [0.2, 0.25) is 12.2 Å². The number of aliphatic hydroxyl groups is 3. The Kier molecular flexibility index (Phi) is 3.81. The van der Waals surface area contributed by atoms with E-state index in [-0.39, 0.29) is 5.88 Å². The molecule has 1 aromatic rings. The molecule has 2 heterocycles. The number of ether oxygens (including phenoxy) is 2.